The van der Waals surface area contributed by atoms with Crippen LogP contribution in [0.25, 0.3) is 5.69 Å². The number of hydrogen-bond acceptors (Lipinski definition) is 4. The van der Waals surface area contributed by atoms with Gasteiger partial charge in [-0.05, 0) is 37.1 Å². The molecule has 2 fully saturated rings. The summed E-state index contributed by atoms with van der Waals surface area (Å²) in [5.74, 6) is 0. The number of hydrogen-bond donors (Lipinski definition) is 1. The van der Waals surface area contributed by atoms with Gasteiger partial charge in [0.15, 0.2) is 0 Å². The summed E-state index contributed by atoms with van der Waals surface area (Å²) in [4.78, 5) is 27.7. The van der Waals surface area contributed by atoms with E-state index in [4.69, 9.17) is 4.74 Å². The van der Waals surface area contributed by atoms with Gasteiger partial charge in [-0.2, -0.15) is 5.10 Å². The molecule has 8 nitrogen and oxygen atoms in total. The molecule has 0 saturated carbocycles. The first kappa shape index (κ1) is 16.4. The van der Waals surface area contributed by atoms with E-state index in [1.54, 1.807) is 27.7 Å². The van der Waals surface area contributed by atoms with Gasteiger partial charge in [-0.1, -0.05) is 6.07 Å². The predicted octanol–water partition coefficient (Wildman–Crippen LogP) is 2.32. The average Bonchev–Trinajstić information content (AvgIpc) is 3.24. The molecule has 1 aromatic carbocycles. The Morgan fingerprint density at radius 1 is 1.31 bits per heavy atom. The Morgan fingerprint density at radius 3 is 2.92 bits per heavy atom. The number of carbonyl (C=O) groups is 2. The van der Waals surface area contributed by atoms with Crippen LogP contribution in [0.1, 0.15) is 12.8 Å². The minimum atomic E-state index is -0.585. The molecule has 0 aliphatic carbocycles. The summed E-state index contributed by atoms with van der Waals surface area (Å²) >= 11 is 0. The maximum atomic E-state index is 12.7. The number of amides is 3. The minimum absolute atomic E-state index is 0.188. The number of likely N-dealkylation sites (N-methyl/N-ethyl adjacent to an activating group) is 1. The van der Waals surface area contributed by atoms with Crippen molar-refractivity contribution in [3.63, 3.8) is 0 Å². The molecule has 136 valence electrons. The summed E-state index contributed by atoms with van der Waals surface area (Å²) in [6.07, 6.45) is 4.82. The van der Waals surface area contributed by atoms with Gasteiger partial charge in [-0.15, -0.1) is 0 Å². The maximum absolute atomic E-state index is 12.7. The zero-order valence-electron chi connectivity index (χ0n) is 14.6. The van der Waals surface area contributed by atoms with E-state index in [-0.39, 0.29) is 12.1 Å². The highest BCUT2D eigenvalue weighted by Crippen LogP contribution is 2.31. The van der Waals surface area contributed by atoms with Crippen LogP contribution in [0.15, 0.2) is 42.7 Å². The molecule has 1 aromatic heterocycles. The molecule has 1 spiro atoms. The summed E-state index contributed by atoms with van der Waals surface area (Å²) in [5, 5.41) is 7.13. The Bertz CT molecular complexity index is 822. The number of urea groups is 1. The number of nitrogens with one attached hydrogen (secondary N) is 1. The molecule has 26 heavy (non-hydrogen) atoms. The fourth-order valence-electron chi connectivity index (χ4n) is 3.63. The van der Waals surface area contributed by atoms with Crippen LogP contribution in [-0.4, -0.2) is 64.0 Å². The summed E-state index contributed by atoms with van der Waals surface area (Å²) < 4.78 is 7.29. The van der Waals surface area contributed by atoms with Crippen LogP contribution in [0.3, 0.4) is 0 Å². The van der Waals surface area contributed by atoms with Crippen molar-refractivity contribution >= 4 is 17.8 Å². The molecule has 1 atom stereocenters. The minimum Gasteiger partial charge on any atom is -0.439 e. The number of ether oxygens (including phenoxy) is 1. The van der Waals surface area contributed by atoms with Gasteiger partial charge >= 0.3 is 12.1 Å². The lowest BCUT2D eigenvalue weighted by molar-refractivity contribution is 0.00497. The SMILES string of the molecule is CN1C[C@]2(CCCN(C(=O)Nc3cccc(-n4cccn4)c3)C2)OC1=O. The van der Waals surface area contributed by atoms with E-state index in [2.05, 4.69) is 10.4 Å². The van der Waals surface area contributed by atoms with Gasteiger partial charge in [-0.3, -0.25) is 0 Å². The third kappa shape index (κ3) is 3.10. The Kier molecular flexibility index (Phi) is 4.02. The van der Waals surface area contributed by atoms with Crippen LogP contribution < -0.4 is 5.32 Å². The van der Waals surface area contributed by atoms with Gasteiger partial charge in [0.25, 0.3) is 0 Å². The third-order valence-electron chi connectivity index (χ3n) is 4.83. The van der Waals surface area contributed by atoms with Crippen LogP contribution in [0.4, 0.5) is 15.3 Å². The maximum Gasteiger partial charge on any atom is 0.410 e. The van der Waals surface area contributed by atoms with E-state index in [0.29, 0.717) is 25.3 Å². The highest BCUT2D eigenvalue weighted by atomic mass is 16.6. The van der Waals surface area contributed by atoms with E-state index >= 15 is 0 Å². The highest BCUT2D eigenvalue weighted by molar-refractivity contribution is 5.89. The van der Waals surface area contributed by atoms with Gasteiger partial charge < -0.3 is 19.9 Å². The molecular formula is C18H21N5O3. The molecule has 0 bridgehead atoms. The molecule has 4 rings (SSSR count). The number of aromatic nitrogens is 2. The van der Waals surface area contributed by atoms with Crippen molar-refractivity contribution in [1.82, 2.24) is 19.6 Å². The summed E-state index contributed by atoms with van der Waals surface area (Å²) in [5.41, 5.74) is 0.982. The number of nitrogens with zero attached hydrogens (tertiary/aromatic N) is 4. The first-order valence-electron chi connectivity index (χ1n) is 8.65. The van der Waals surface area contributed by atoms with Crippen molar-refractivity contribution in [3.8, 4) is 5.69 Å². The smallest absolute Gasteiger partial charge is 0.410 e. The number of anilines is 1. The number of piperidine rings is 1. The van der Waals surface area contributed by atoms with Crippen molar-refractivity contribution < 1.29 is 14.3 Å². The molecule has 1 N–H and O–H groups in total. The zero-order valence-corrected chi connectivity index (χ0v) is 14.6. The van der Waals surface area contributed by atoms with E-state index in [1.807, 2.05) is 36.5 Å². The molecule has 8 heteroatoms. The fraction of sp³-hybridized carbons (Fsp3) is 0.389. The summed E-state index contributed by atoms with van der Waals surface area (Å²) in [7, 11) is 1.72. The molecular weight excluding hydrogens is 334 g/mol. The zero-order chi connectivity index (χ0) is 18.1. The Morgan fingerprint density at radius 2 is 2.19 bits per heavy atom. The second kappa shape index (κ2) is 6.36. The van der Waals surface area contributed by atoms with Gasteiger partial charge in [0.1, 0.15) is 5.60 Å². The molecule has 0 radical (unpaired) electrons. The van der Waals surface area contributed by atoms with Crippen molar-refractivity contribution in [1.29, 1.82) is 0 Å². The fourth-order valence-corrected chi connectivity index (χ4v) is 3.63. The van der Waals surface area contributed by atoms with Crippen LogP contribution in [-0.2, 0) is 4.74 Å². The predicted molar refractivity (Wildman–Crippen MR) is 95.2 cm³/mol. The highest BCUT2D eigenvalue weighted by Gasteiger charge is 2.47. The largest absolute Gasteiger partial charge is 0.439 e. The average molecular weight is 355 g/mol. The molecule has 2 aliphatic rings. The lowest BCUT2D eigenvalue weighted by atomic mass is 9.93. The second-order valence-electron chi connectivity index (χ2n) is 6.86. The van der Waals surface area contributed by atoms with E-state index in [0.717, 1.165) is 18.5 Å². The number of likely N-dealkylation sites (tertiary alicyclic amines) is 1. The Balaban J connectivity index is 1.45. The standard InChI is InChI=1S/C18H21N5O3/c1-21-12-18(26-17(21)25)7-3-9-22(13-18)16(24)20-14-5-2-6-15(11-14)23-10-4-8-19-23/h2,4-6,8,10-11H,3,7,9,12-13H2,1H3,(H,20,24)/t18-/m0/s1. The van der Waals surface area contributed by atoms with Gasteiger partial charge in [0, 0.05) is 31.7 Å². The van der Waals surface area contributed by atoms with Crippen LogP contribution in [0.5, 0.6) is 0 Å². The lowest BCUT2D eigenvalue weighted by Gasteiger charge is -2.38. The van der Waals surface area contributed by atoms with Crippen LogP contribution in [0, 0.1) is 0 Å². The quantitative estimate of drug-likeness (QED) is 0.897. The molecule has 0 unspecified atom stereocenters. The van der Waals surface area contributed by atoms with Crippen molar-refractivity contribution in [3.05, 3.63) is 42.7 Å². The van der Waals surface area contributed by atoms with E-state index in [1.165, 1.54) is 0 Å². The Labute approximate surface area is 151 Å². The van der Waals surface area contributed by atoms with Crippen molar-refractivity contribution in [2.75, 3.05) is 32.0 Å². The topological polar surface area (TPSA) is 79.7 Å². The van der Waals surface area contributed by atoms with Crippen LogP contribution in [0.2, 0.25) is 0 Å². The van der Waals surface area contributed by atoms with Gasteiger partial charge in [0.2, 0.25) is 0 Å². The van der Waals surface area contributed by atoms with Gasteiger partial charge in [-0.25, -0.2) is 14.3 Å². The Hall–Kier alpha value is -3.03. The summed E-state index contributed by atoms with van der Waals surface area (Å²) in [6.45, 7) is 1.58. The molecule has 3 amide bonds. The molecule has 2 aliphatic heterocycles. The van der Waals surface area contributed by atoms with Crippen LogP contribution >= 0.6 is 0 Å². The normalized spacial score (nSPS) is 22.6. The monoisotopic (exact) mass is 355 g/mol. The van der Waals surface area contributed by atoms with E-state index < -0.39 is 5.60 Å². The molecule has 2 saturated heterocycles. The van der Waals surface area contributed by atoms with Gasteiger partial charge in [0.05, 0.1) is 18.8 Å². The number of carbonyl (C=O) groups excluding carboxylic acids is 2. The second-order valence-corrected chi connectivity index (χ2v) is 6.86. The number of benzene rings is 1. The first-order chi connectivity index (χ1) is 12.5. The molecule has 2 aromatic rings. The summed E-state index contributed by atoms with van der Waals surface area (Å²) in [6, 6.07) is 9.16. The first-order valence-corrected chi connectivity index (χ1v) is 8.65. The van der Waals surface area contributed by atoms with Crippen molar-refractivity contribution in [2.45, 2.75) is 18.4 Å². The van der Waals surface area contributed by atoms with E-state index in [9.17, 15) is 9.59 Å². The lowest BCUT2D eigenvalue weighted by Crippen LogP contribution is -2.53. The van der Waals surface area contributed by atoms with Crippen molar-refractivity contribution in [2.24, 2.45) is 0 Å². The molecule has 3 heterocycles. The third-order valence-corrected chi connectivity index (χ3v) is 4.83. The number of rotatable bonds is 2.